The van der Waals surface area contributed by atoms with Gasteiger partial charge < -0.3 is 15.1 Å². The number of benzene rings is 2. The van der Waals surface area contributed by atoms with Crippen LogP contribution in [0.5, 0.6) is 0 Å². The van der Waals surface area contributed by atoms with Crippen LogP contribution in [0, 0.1) is 6.92 Å². The molecule has 0 aromatic heterocycles. The molecule has 6 nitrogen and oxygen atoms in total. The molecule has 0 unspecified atom stereocenters. The van der Waals surface area contributed by atoms with Gasteiger partial charge in [-0.3, -0.25) is 0 Å². The van der Waals surface area contributed by atoms with Gasteiger partial charge in [0, 0.05) is 42.0 Å². The number of hydrogen-bond donors (Lipinski definition) is 2. The molecule has 1 aliphatic heterocycles. The maximum atomic E-state index is 11.8. The number of piperazine rings is 1. The maximum absolute atomic E-state index is 11.8. The lowest BCUT2D eigenvalue weighted by atomic mass is 10.1. The highest BCUT2D eigenvalue weighted by Gasteiger charge is 2.20. The molecule has 9 heteroatoms. The molecule has 0 spiro atoms. The van der Waals surface area contributed by atoms with Crippen LogP contribution in [-0.4, -0.2) is 51.7 Å². The van der Waals surface area contributed by atoms with Crippen molar-refractivity contribution in [1.29, 1.82) is 0 Å². The van der Waals surface area contributed by atoms with E-state index in [9.17, 15) is 8.42 Å². The van der Waals surface area contributed by atoms with E-state index in [0.29, 0.717) is 5.11 Å². The van der Waals surface area contributed by atoms with Crippen LogP contribution < -0.4 is 14.9 Å². The lowest BCUT2D eigenvalue weighted by Gasteiger charge is -2.38. The molecule has 0 aliphatic carbocycles. The molecule has 0 saturated carbocycles. The highest BCUT2D eigenvalue weighted by atomic mass is 79.9. The summed E-state index contributed by atoms with van der Waals surface area (Å²) >= 11 is 9.05. The summed E-state index contributed by atoms with van der Waals surface area (Å²) in [6.07, 6.45) is 0. The fraction of sp³-hybridized carbons (Fsp3) is 0.316. The second-order valence-corrected chi connectivity index (χ2v) is 9.76. The predicted octanol–water partition coefficient (Wildman–Crippen LogP) is 3.18. The standard InChI is InChI=1S/C19H23BrN4O2S2/c1-14-13-15(20)3-8-18(14)23-9-11-24(12-10-23)19(27)22-16-4-6-17(7-5-16)28(25,26)21-2/h3-8,13,21H,9-12H2,1-2H3,(H,22,27). The molecule has 2 aromatic carbocycles. The molecule has 1 saturated heterocycles. The van der Waals surface area contributed by atoms with Crippen molar-refractivity contribution in [2.75, 3.05) is 43.4 Å². The Morgan fingerprint density at radius 2 is 1.71 bits per heavy atom. The van der Waals surface area contributed by atoms with E-state index in [2.05, 4.69) is 60.9 Å². The van der Waals surface area contributed by atoms with Crippen molar-refractivity contribution in [3.8, 4) is 0 Å². The summed E-state index contributed by atoms with van der Waals surface area (Å²) in [6, 6.07) is 12.9. The highest BCUT2D eigenvalue weighted by Crippen LogP contribution is 2.25. The third kappa shape index (κ3) is 4.83. The minimum absolute atomic E-state index is 0.227. The van der Waals surface area contributed by atoms with E-state index < -0.39 is 10.0 Å². The minimum Gasteiger partial charge on any atom is -0.368 e. The van der Waals surface area contributed by atoms with Gasteiger partial charge >= 0.3 is 0 Å². The number of nitrogens with zero attached hydrogens (tertiary/aromatic N) is 2. The molecule has 0 atom stereocenters. The van der Waals surface area contributed by atoms with Crippen molar-refractivity contribution >= 4 is 54.7 Å². The first kappa shape index (κ1) is 21.0. The molecule has 0 bridgehead atoms. The molecule has 2 N–H and O–H groups in total. The lowest BCUT2D eigenvalue weighted by molar-refractivity contribution is 0.390. The lowest BCUT2D eigenvalue weighted by Crippen LogP contribution is -2.50. The second-order valence-electron chi connectivity index (χ2n) is 6.57. The normalized spacial score (nSPS) is 14.8. The van der Waals surface area contributed by atoms with E-state index in [1.165, 1.54) is 18.3 Å². The fourth-order valence-electron chi connectivity index (χ4n) is 3.16. The van der Waals surface area contributed by atoms with Gasteiger partial charge in [0.15, 0.2) is 5.11 Å². The van der Waals surface area contributed by atoms with E-state index in [1.54, 1.807) is 24.3 Å². The second kappa shape index (κ2) is 8.77. The smallest absolute Gasteiger partial charge is 0.240 e. The van der Waals surface area contributed by atoms with E-state index in [4.69, 9.17) is 12.2 Å². The van der Waals surface area contributed by atoms with Crippen LogP contribution >= 0.6 is 28.1 Å². The zero-order valence-corrected chi connectivity index (χ0v) is 19.0. The molecule has 1 heterocycles. The molecule has 1 aliphatic rings. The van der Waals surface area contributed by atoms with Gasteiger partial charge in [-0.1, -0.05) is 15.9 Å². The fourth-order valence-corrected chi connectivity index (χ4v) is 4.67. The Bertz CT molecular complexity index is 956. The average molecular weight is 483 g/mol. The molecule has 3 rings (SSSR count). The van der Waals surface area contributed by atoms with E-state index in [-0.39, 0.29) is 4.90 Å². The zero-order chi connectivity index (χ0) is 20.3. The monoisotopic (exact) mass is 482 g/mol. The van der Waals surface area contributed by atoms with Gasteiger partial charge in [-0.2, -0.15) is 0 Å². The van der Waals surface area contributed by atoms with Crippen LogP contribution in [-0.2, 0) is 10.0 Å². The summed E-state index contributed by atoms with van der Waals surface area (Å²) in [5.41, 5.74) is 3.27. The summed E-state index contributed by atoms with van der Waals surface area (Å²) < 4.78 is 27.0. The van der Waals surface area contributed by atoms with Gasteiger partial charge in [-0.15, -0.1) is 0 Å². The topological polar surface area (TPSA) is 64.7 Å². The number of nitrogens with one attached hydrogen (secondary N) is 2. The van der Waals surface area contributed by atoms with Crippen molar-refractivity contribution in [3.05, 3.63) is 52.5 Å². The van der Waals surface area contributed by atoms with E-state index >= 15 is 0 Å². The number of sulfonamides is 1. The Balaban J connectivity index is 1.58. The number of halogens is 1. The van der Waals surface area contributed by atoms with Crippen molar-refractivity contribution in [2.45, 2.75) is 11.8 Å². The molecular formula is C19H23BrN4O2S2. The summed E-state index contributed by atoms with van der Waals surface area (Å²) in [5, 5.41) is 3.85. The Hall–Kier alpha value is -1.68. The molecule has 28 heavy (non-hydrogen) atoms. The Morgan fingerprint density at radius 1 is 1.07 bits per heavy atom. The van der Waals surface area contributed by atoms with Crippen molar-refractivity contribution in [3.63, 3.8) is 0 Å². The molecule has 0 amide bonds. The number of hydrogen-bond acceptors (Lipinski definition) is 4. The minimum atomic E-state index is -3.43. The van der Waals surface area contributed by atoms with Gasteiger partial charge in [0.1, 0.15) is 0 Å². The van der Waals surface area contributed by atoms with Crippen LogP contribution in [0.15, 0.2) is 51.8 Å². The largest absolute Gasteiger partial charge is 0.368 e. The van der Waals surface area contributed by atoms with Gasteiger partial charge in [-0.25, -0.2) is 13.1 Å². The quantitative estimate of drug-likeness (QED) is 0.652. The first-order valence-electron chi connectivity index (χ1n) is 8.91. The summed E-state index contributed by atoms with van der Waals surface area (Å²) in [6.45, 7) is 5.56. The molecule has 0 radical (unpaired) electrons. The predicted molar refractivity (Wildman–Crippen MR) is 122 cm³/mol. The van der Waals surface area contributed by atoms with Crippen LogP contribution in [0.3, 0.4) is 0 Å². The first-order valence-corrected chi connectivity index (χ1v) is 11.6. The zero-order valence-electron chi connectivity index (χ0n) is 15.8. The van der Waals surface area contributed by atoms with E-state index in [1.807, 2.05) is 0 Å². The number of thiocarbonyl (C=S) groups is 1. The van der Waals surface area contributed by atoms with Gasteiger partial charge in [0.05, 0.1) is 4.90 Å². The van der Waals surface area contributed by atoms with Gasteiger partial charge in [0.25, 0.3) is 0 Å². The maximum Gasteiger partial charge on any atom is 0.240 e. The van der Waals surface area contributed by atoms with Crippen LogP contribution in [0.2, 0.25) is 0 Å². The number of rotatable bonds is 4. The number of anilines is 2. The summed E-state index contributed by atoms with van der Waals surface area (Å²) in [4.78, 5) is 4.74. The molecular weight excluding hydrogens is 460 g/mol. The number of aryl methyl sites for hydroxylation is 1. The third-order valence-corrected chi connectivity index (χ3v) is 7.03. The summed E-state index contributed by atoms with van der Waals surface area (Å²) in [5.74, 6) is 0. The molecule has 1 fully saturated rings. The first-order chi connectivity index (χ1) is 13.3. The average Bonchev–Trinajstić information content (AvgIpc) is 2.68. The van der Waals surface area contributed by atoms with Crippen LogP contribution in [0.4, 0.5) is 11.4 Å². The van der Waals surface area contributed by atoms with E-state index in [0.717, 1.165) is 36.3 Å². The summed E-state index contributed by atoms with van der Waals surface area (Å²) in [7, 11) is -2.04. The Labute approximate surface area is 180 Å². The van der Waals surface area contributed by atoms with Crippen LogP contribution in [0.25, 0.3) is 0 Å². The Kier molecular flexibility index (Phi) is 6.59. The van der Waals surface area contributed by atoms with Gasteiger partial charge in [-0.05, 0) is 74.2 Å². The SMILES string of the molecule is CNS(=O)(=O)c1ccc(NC(=S)N2CCN(c3ccc(Br)cc3C)CC2)cc1. The van der Waals surface area contributed by atoms with Crippen molar-refractivity contribution < 1.29 is 8.42 Å². The third-order valence-electron chi connectivity index (χ3n) is 4.75. The molecule has 150 valence electrons. The highest BCUT2D eigenvalue weighted by molar-refractivity contribution is 9.10. The Morgan fingerprint density at radius 3 is 2.29 bits per heavy atom. The van der Waals surface area contributed by atoms with Crippen molar-refractivity contribution in [1.82, 2.24) is 9.62 Å². The van der Waals surface area contributed by atoms with Crippen LogP contribution in [0.1, 0.15) is 5.56 Å². The molecule has 2 aromatic rings. The van der Waals surface area contributed by atoms with Crippen molar-refractivity contribution in [2.24, 2.45) is 0 Å². The van der Waals surface area contributed by atoms with Gasteiger partial charge in [0.2, 0.25) is 10.0 Å².